The van der Waals surface area contributed by atoms with Crippen LogP contribution < -0.4 is 11.5 Å². The Labute approximate surface area is 91.4 Å². The molecule has 0 saturated heterocycles. The molecule has 0 aromatic heterocycles. The van der Waals surface area contributed by atoms with E-state index in [9.17, 15) is 9.90 Å². The van der Waals surface area contributed by atoms with Gasteiger partial charge in [0.15, 0.2) is 5.96 Å². The van der Waals surface area contributed by atoms with E-state index in [0.717, 1.165) is 0 Å². The van der Waals surface area contributed by atoms with E-state index in [1.54, 1.807) is 6.92 Å². The van der Waals surface area contributed by atoms with E-state index in [1.807, 2.05) is 0 Å². The summed E-state index contributed by atoms with van der Waals surface area (Å²) in [5.74, 6) is -1.29. The highest BCUT2D eigenvalue weighted by molar-refractivity contribution is 6.31. The fraction of sp³-hybridized carbons (Fsp3) is 0.111. The van der Waals surface area contributed by atoms with Gasteiger partial charge < -0.3 is 16.6 Å². The summed E-state index contributed by atoms with van der Waals surface area (Å²) in [6.45, 7) is 1.71. The summed E-state index contributed by atoms with van der Waals surface area (Å²) < 4.78 is 0. The lowest BCUT2D eigenvalue weighted by molar-refractivity contribution is 0.1000. The molecular weight excluding hydrogens is 218 g/mol. The van der Waals surface area contributed by atoms with Crippen LogP contribution in [0.1, 0.15) is 15.9 Å². The smallest absolute Gasteiger partial charge is 0.283 e. The third-order valence-corrected chi connectivity index (χ3v) is 2.15. The zero-order valence-electron chi connectivity index (χ0n) is 7.99. The number of benzene rings is 1. The number of hydrogen-bond donors (Lipinski definition) is 3. The highest BCUT2D eigenvalue weighted by Gasteiger charge is 2.12. The predicted octanol–water partition coefficient (Wildman–Crippen LogP) is 0.768. The predicted molar refractivity (Wildman–Crippen MR) is 58.0 cm³/mol. The summed E-state index contributed by atoms with van der Waals surface area (Å²) in [6.07, 6.45) is 0. The number of phenolic OH excluding ortho intramolecular Hbond substituents is 1. The van der Waals surface area contributed by atoms with Gasteiger partial charge in [0.1, 0.15) is 5.75 Å². The Morgan fingerprint density at radius 3 is 2.60 bits per heavy atom. The Balaban J connectivity index is 3.21. The third-order valence-electron chi connectivity index (χ3n) is 1.74. The molecule has 0 heterocycles. The van der Waals surface area contributed by atoms with Gasteiger partial charge in [-0.05, 0) is 24.6 Å². The zero-order valence-corrected chi connectivity index (χ0v) is 8.75. The van der Waals surface area contributed by atoms with Gasteiger partial charge in [0.2, 0.25) is 0 Å². The standard InChI is InChI=1S/C9H10ClN3O2/c1-4-2-7(14)5(3-6(4)10)8(15)13-9(11)12/h2-3,14H,1H3,(H4,11,12,13,15). The maximum atomic E-state index is 11.4. The van der Waals surface area contributed by atoms with E-state index < -0.39 is 5.91 Å². The first-order valence-electron chi connectivity index (χ1n) is 4.05. The van der Waals surface area contributed by atoms with E-state index >= 15 is 0 Å². The fourth-order valence-corrected chi connectivity index (χ4v) is 1.18. The van der Waals surface area contributed by atoms with Crippen molar-refractivity contribution >= 4 is 23.5 Å². The minimum Gasteiger partial charge on any atom is -0.507 e. The Hall–Kier alpha value is -1.75. The molecule has 0 aliphatic heterocycles. The first-order chi connectivity index (χ1) is 6.91. The lowest BCUT2D eigenvalue weighted by atomic mass is 10.1. The quantitative estimate of drug-likeness (QED) is 0.487. The number of phenols is 1. The molecule has 0 radical (unpaired) electrons. The van der Waals surface area contributed by atoms with Crippen LogP contribution in [0, 0.1) is 6.92 Å². The first kappa shape index (κ1) is 11.3. The molecule has 1 aromatic carbocycles. The largest absolute Gasteiger partial charge is 0.507 e. The summed E-state index contributed by atoms with van der Waals surface area (Å²) in [6, 6.07) is 2.69. The highest BCUT2D eigenvalue weighted by atomic mass is 35.5. The van der Waals surface area contributed by atoms with Gasteiger partial charge in [-0.25, -0.2) is 0 Å². The summed E-state index contributed by atoms with van der Waals surface area (Å²) in [5, 5.41) is 9.83. The second-order valence-electron chi connectivity index (χ2n) is 2.96. The number of aliphatic imine (C=N–C) groups is 1. The highest BCUT2D eigenvalue weighted by Crippen LogP contribution is 2.26. The summed E-state index contributed by atoms with van der Waals surface area (Å²) in [5.41, 5.74) is 10.7. The normalized spacial score (nSPS) is 9.73. The van der Waals surface area contributed by atoms with Crippen molar-refractivity contribution in [2.75, 3.05) is 0 Å². The summed E-state index contributed by atoms with van der Waals surface area (Å²) in [4.78, 5) is 14.7. The van der Waals surface area contributed by atoms with Gasteiger partial charge in [-0.1, -0.05) is 11.6 Å². The maximum Gasteiger partial charge on any atom is 0.283 e. The van der Waals surface area contributed by atoms with Gasteiger partial charge in [0.05, 0.1) is 5.56 Å². The number of amides is 1. The monoisotopic (exact) mass is 227 g/mol. The molecule has 0 atom stereocenters. The van der Waals surface area contributed by atoms with Crippen LogP contribution in [0.5, 0.6) is 5.75 Å². The second-order valence-corrected chi connectivity index (χ2v) is 3.37. The van der Waals surface area contributed by atoms with E-state index in [2.05, 4.69) is 4.99 Å². The lowest BCUT2D eigenvalue weighted by Gasteiger charge is -2.03. The number of aryl methyl sites for hydroxylation is 1. The molecule has 1 amide bonds. The van der Waals surface area contributed by atoms with Crippen molar-refractivity contribution in [1.82, 2.24) is 0 Å². The van der Waals surface area contributed by atoms with Crippen LogP contribution in [0.15, 0.2) is 17.1 Å². The number of aromatic hydroxyl groups is 1. The van der Waals surface area contributed by atoms with Crippen LogP contribution in [0.25, 0.3) is 0 Å². The van der Waals surface area contributed by atoms with Gasteiger partial charge in [0.25, 0.3) is 5.91 Å². The SMILES string of the molecule is Cc1cc(O)c(C(=O)N=C(N)N)cc1Cl. The van der Waals surface area contributed by atoms with E-state index in [4.69, 9.17) is 23.1 Å². The topological polar surface area (TPSA) is 102 Å². The third kappa shape index (κ3) is 2.60. The number of hydrogen-bond acceptors (Lipinski definition) is 2. The van der Waals surface area contributed by atoms with Crippen LogP contribution in [0.4, 0.5) is 0 Å². The number of rotatable bonds is 1. The van der Waals surface area contributed by atoms with Crippen LogP contribution >= 0.6 is 11.6 Å². The van der Waals surface area contributed by atoms with Crippen LogP contribution in [-0.2, 0) is 0 Å². The van der Waals surface area contributed by atoms with Gasteiger partial charge in [-0.15, -0.1) is 0 Å². The molecule has 0 aliphatic carbocycles. The van der Waals surface area contributed by atoms with Crippen molar-refractivity contribution in [3.63, 3.8) is 0 Å². The molecule has 5 nitrogen and oxygen atoms in total. The lowest BCUT2D eigenvalue weighted by Crippen LogP contribution is -2.24. The molecule has 1 aromatic rings. The number of guanidine groups is 1. The molecule has 6 heteroatoms. The van der Waals surface area contributed by atoms with Gasteiger partial charge in [-0.3, -0.25) is 4.79 Å². The molecule has 0 saturated carbocycles. The molecule has 0 fully saturated rings. The number of halogens is 1. The van der Waals surface area contributed by atoms with Crippen LogP contribution in [-0.4, -0.2) is 17.0 Å². The van der Waals surface area contributed by atoms with Crippen molar-refractivity contribution in [3.05, 3.63) is 28.3 Å². The number of nitrogens with two attached hydrogens (primary N) is 2. The van der Waals surface area contributed by atoms with Crippen molar-refractivity contribution in [2.24, 2.45) is 16.5 Å². The summed E-state index contributed by atoms with van der Waals surface area (Å²) >= 11 is 5.79. The molecule has 1 rings (SSSR count). The fourth-order valence-electron chi connectivity index (χ4n) is 1.02. The Bertz CT molecular complexity index is 439. The minimum atomic E-state index is -0.727. The number of carbonyl (C=O) groups is 1. The molecule has 5 N–H and O–H groups in total. The zero-order chi connectivity index (χ0) is 11.6. The molecule has 0 unspecified atom stereocenters. The maximum absolute atomic E-state index is 11.4. The number of nitrogens with zero attached hydrogens (tertiary/aromatic N) is 1. The van der Waals surface area contributed by atoms with Crippen molar-refractivity contribution in [3.8, 4) is 5.75 Å². The molecular formula is C9H10ClN3O2. The average Bonchev–Trinajstić information content (AvgIpc) is 2.09. The average molecular weight is 228 g/mol. The Morgan fingerprint density at radius 2 is 2.07 bits per heavy atom. The second kappa shape index (κ2) is 4.18. The molecule has 80 valence electrons. The molecule has 0 bridgehead atoms. The van der Waals surface area contributed by atoms with Crippen molar-refractivity contribution in [2.45, 2.75) is 6.92 Å². The van der Waals surface area contributed by atoms with Gasteiger partial charge in [-0.2, -0.15) is 4.99 Å². The minimum absolute atomic E-state index is 0.0287. The Kier molecular flexibility index (Phi) is 3.16. The number of carbonyl (C=O) groups excluding carboxylic acids is 1. The van der Waals surface area contributed by atoms with E-state index in [0.29, 0.717) is 10.6 Å². The molecule has 0 spiro atoms. The first-order valence-corrected chi connectivity index (χ1v) is 4.42. The summed E-state index contributed by atoms with van der Waals surface area (Å²) in [7, 11) is 0. The van der Waals surface area contributed by atoms with E-state index in [-0.39, 0.29) is 17.3 Å². The van der Waals surface area contributed by atoms with Crippen molar-refractivity contribution in [1.29, 1.82) is 0 Å². The van der Waals surface area contributed by atoms with Gasteiger partial charge in [0, 0.05) is 5.02 Å². The van der Waals surface area contributed by atoms with Crippen LogP contribution in [0.3, 0.4) is 0 Å². The van der Waals surface area contributed by atoms with Crippen molar-refractivity contribution < 1.29 is 9.90 Å². The molecule has 15 heavy (non-hydrogen) atoms. The Morgan fingerprint density at radius 1 is 1.47 bits per heavy atom. The van der Waals surface area contributed by atoms with E-state index in [1.165, 1.54) is 12.1 Å². The molecule has 0 aliphatic rings. The van der Waals surface area contributed by atoms with Crippen LogP contribution in [0.2, 0.25) is 5.02 Å². The van der Waals surface area contributed by atoms with Gasteiger partial charge >= 0.3 is 0 Å².